The third-order valence-corrected chi connectivity index (χ3v) is 8.34. The molecule has 11 heteroatoms. The summed E-state index contributed by atoms with van der Waals surface area (Å²) < 4.78 is 10.6. The molecule has 2 unspecified atom stereocenters. The Labute approximate surface area is 273 Å². The molecule has 1 heterocycles. The van der Waals surface area contributed by atoms with Gasteiger partial charge in [0.2, 0.25) is 17.7 Å². The van der Waals surface area contributed by atoms with Crippen LogP contribution >= 0.6 is 0 Å². The summed E-state index contributed by atoms with van der Waals surface area (Å²) in [5.74, 6) is -2.49. The number of amides is 4. The summed E-state index contributed by atoms with van der Waals surface area (Å²) in [6.07, 6.45) is 2.76. The molecule has 0 aromatic heterocycles. The van der Waals surface area contributed by atoms with Crippen LogP contribution in [0.15, 0.2) is 91.0 Å². The average Bonchev–Trinajstić information content (AvgIpc) is 3.40. The smallest absolute Gasteiger partial charge is 0.407 e. The molecule has 0 saturated heterocycles. The van der Waals surface area contributed by atoms with E-state index in [9.17, 15) is 24.0 Å². The Bertz CT molecular complexity index is 1610. The molecule has 4 amide bonds. The molecule has 3 atom stereocenters. The second kappa shape index (κ2) is 15.2. The van der Waals surface area contributed by atoms with Crippen LogP contribution in [0.3, 0.4) is 0 Å². The Morgan fingerprint density at radius 2 is 1.47 bits per heavy atom. The molecule has 1 aliphatic carbocycles. The molecule has 3 aromatic carbocycles. The van der Waals surface area contributed by atoms with E-state index in [0.29, 0.717) is 0 Å². The zero-order valence-electron chi connectivity index (χ0n) is 26.3. The molecule has 0 spiro atoms. The van der Waals surface area contributed by atoms with Crippen LogP contribution < -0.4 is 16.0 Å². The SMILES string of the molecule is COC(=O)C1C/C=C\C[C@H](NC(=O)OCC2c3ccccc3-c3ccccc32)C(=O)N(C)CC(=O)NC(Cc2ccccc2)C(=O)N1. The lowest BCUT2D eigenvalue weighted by molar-refractivity contribution is -0.145. The monoisotopic (exact) mass is 638 g/mol. The number of rotatable bonds is 6. The van der Waals surface area contributed by atoms with Crippen molar-refractivity contribution in [3.8, 4) is 11.1 Å². The highest BCUT2D eigenvalue weighted by molar-refractivity contribution is 5.93. The fourth-order valence-corrected chi connectivity index (χ4v) is 5.96. The lowest BCUT2D eigenvalue weighted by Gasteiger charge is -2.26. The van der Waals surface area contributed by atoms with Crippen LogP contribution in [0.25, 0.3) is 11.1 Å². The third kappa shape index (κ3) is 8.04. The number of methoxy groups -OCH3 is 1. The Kier molecular flexibility index (Phi) is 10.7. The van der Waals surface area contributed by atoms with E-state index in [1.165, 1.54) is 19.1 Å². The number of carbonyl (C=O) groups excluding carboxylic acids is 5. The molecule has 2 aliphatic rings. The van der Waals surface area contributed by atoms with Crippen molar-refractivity contribution in [2.24, 2.45) is 0 Å². The van der Waals surface area contributed by atoms with Crippen LogP contribution in [0.2, 0.25) is 0 Å². The molecule has 0 bridgehead atoms. The van der Waals surface area contributed by atoms with E-state index < -0.39 is 47.9 Å². The van der Waals surface area contributed by atoms with Gasteiger partial charge in [-0.25, -0.2) is 9.59 Å². The summed E-state index contributed by atoms with van der Waals surface area (Å²) in [6, 6.07) is 21.9. The van der Waals surface area contributed by atoms with Crippen LogP contribution in [0.4, 0.5) is 4.79 Å². The van der Waals surface area contributed by atoms with E-state index in [1.807, 2.05) is 78.9 Å². The largest absolute Gasteiger partial charge is 0.467 e. The van der Waals surface area contributed by atoms with Gasteiger partial charge in [-0.3, -0.25) is 14.4 Å². The van der Waals surface area contributed by atoms with E-state index in [2.05, 4.69) is 16.0 Å². The van der Waals surface area contributed by atoms with Gasteiger partial charge in [0, 0.05) is 19.4 Å². The van der Waals surface area contributed by atoms with E-state index in [-0.39, 0.29) is 38.3 Å². The standard InChI is InChI=1S/C36H38N4O7/c1-40-21-32(41)37-31(20-23-12-4-3-5-13-23)33(42)38-30(35(44)46-2)19-11-10-18-29(34(40)43)39-36(45)47-22-28-26-16-8-6-14-24(26)25-15-7-9-17-27(25)28/h3-17,28-31H,18-22H2,1-2H3,(H,37,41)(H,38,42)(H,39,45)/b11-10-/t29-,30?,31?/m0/s1. The maximum Gasteiger partial charge on any atom is 0.407 e. The fourth-order valence-electron chi connectivity index (χ4n) is 5.96. The number of nitrogens with one attached hydrogen (secondary N) is 3. The first-order valence-corrected chi connectivity index (χ1v) is 15.5. The Morgan fingerprint density at radius 3 is 2.13 bits per heavy atom. The summed E-state index contributed by atoms with van der Waals surface area (Å²) in [4.78, 5) is 66.7. The third-order valence-electron chi connectivity index (χ3n) is 8.34. The van der Waals surface area contributed by atoms with Gasteiger partial charge in [-0.1, -0.05) is 91.0 Å². The number of nitrogens with zero attached hydrogens (tertiary/aromatic N) is 1. The average molecular weight is 639 g/mol. The number of esters is 1. The van der Waals surface area contributed by atoms with Crippen molar-refractivity contribution in [2.75, 3.05) is 27.3 Å². The first-order valence-electron chi connectivity index (χ1n) is 15.5. The van der Waals surface area contributed by atoms with Crippen LogP contribution in [0.5, 0.6) is 0 Å². The van der Waals surface area contributed by atoms with Crippen molar-refractivity contribution in [2.45, 2.75) is 43.3 Å². The van der Waals surface area contributed by atoms with E-state index in [0.717, 1.165) is 27.8 Å². The van der Waals surface area contributed by atoms with Gasteiger partial charge in [-0.2, -0.15) is 0 Å². The number of fused-ring (bicyclic) bond motifs is 3. The van der Waals surface area contributed by atoms with Gasteiger partial charge in [0.15, 0.2) is 0 Å². The number of benzene rings is 3. The van der Waals surface area contributed by atoms with Gasteiger partial charge in [-0.15, -0.1) is 0 Å². The van der Waals surface area contributed by atoms with Crippen LogP contribution in [-0.4, -0.2) is 80.1 Å². The summed E-state index contributed by atoms with van der Waals surface area (Å²) >= 11 is 0. The first kappa shape index (κ1) is 32.9. The molecule has 3 N–H and O–H groups in total. The second-order valence-corrected chi connectivity index (χ2v) is 11.6. The zero-order chi connectivity index (χ0) is 33.3. The molecule has 11 nitrogen and oxygen atoms in total. The number of carbonyl (C=O) groups is 5. The molecule has 0 saturated carbocycles. The van der Waals surface area contributed by atoms with Gasteiger partial charge in [-0.05, 0) is 40.7 Å². The predicted octanol–water partition coefficient (Wildman–Crippen LogP) is 3.09. The Morgan fingerprint density at radius 1 is 0.851 bits per heavy atom. The van der Waals surface area contributed by atoms with Gasteiger partial charge < -0.3 is 30.3 Å². The van der Waals surface area contributed by atoms with Crippen LogP contribution in [0, 0.1) is 0 Å². The summed E-state index contributed by atoms with van der Waals surface area (Å²) in [5.41, 5.74) is 5.09. The van der Waals surface area contributed by atoms with Gasteiger partial charge in [0.05, 0.1) is 13.7 Å². The minimum Gasteiger partial charge on any atom is -0.467 e. The number of likely N-dealkylation sites (N-methyl/N-ethyl adjacent to an activating group) is 1. The second-order valence-electron chi connectivity index (χ2n) is 11.6. The van der Waals surface area contributed by atoms with Gasteiger partial charge >= 0.3 is 12.1 Å². The van der Waals surface area contributed by atoms with Crippen molar-refractivity contribution in [1.82, 2.24) is 20.9 Å². The maximum atomic E-state index is 13.5. The first-order chi connectivity index (χ1) is 22.7. The van der Waals surface area contributed by atoms with Crippen molar-refractivity contribution in [1.29, 1.82) is 0 Å². The highest BCUT2D eigenvalue weighted by Gasteiger charge is 2.32. The minimum atomic E-state index is -1.06. The maximum absolute atomic E-state index is 13.5. The molecule has 0 fully saturated rings. The van der Waals surface area contributed by atoms with Crippen molar-refractivity contribution >= 4 is 29.8 Å². The molecule has 0 radical (unpaired) electrons. The van der Waals surface area contributed by atoms with Gasteiger partial charge in [0.25, 0.3) is 0 Å². The van der Waals surface area contributed by atoms with Crippen molar-refractivity contribution < 1.29 is 33.4 Å². The Balaban J connectivity index is 1.30. The van der Waals surface area contributed by atoms with Gasteiger partial charge in [0.1, 0.15) is 24.7 Å². The van der Waals surface area contributed by atoms with Crippen LogP contribution in [0.1, 0.15) is 35.4 Å². The summed E-state index contributed by atoms with van der Waals surface area (Å²) in [6.45, 7) is -0.303. The summed E-state index contributed by atoms with van der Waals surface area (Å²) in [7, 11) is 2.67. The topological polar surface area (TPSA) is 143 Å². The lowest BCUT2D eigenvalue weighted by Crippen LogP contribution is -2.55. The van der Waals surface area contributed by atoms with E-state index in [1.54, 1.807) is 12.2 Å². The molecular formula is C36H38N4O7. The fraction of sp³-hybridized carbons (Fsp3) is 0.306. The Hall–Kier alpha value is -5.45. The number of hydrogen-bond acceptors (Lipinski definition) is 7. The normalized spacial score (nSPS) is 20.9. The van der Waals surface area contributed by atoms with Crippen molar-refractivity contribution in [3.63, 3.8) is 0 Å². The van der Waals surface area contributed by atoms with Crippen molar-refractivity contribution in [3.05, 3.63) is 108 Å². The molecule has 1 aliphatic heterocycles. The molecule has 47 heavy (non-hydrogen) atoms. The molecule has 244 valence electrons. The minimum absolute atomic E-state index is 0.0491. The number of hydrogen-bond donors (Lipinski definition) is 3. The van der Waals surface area contributed by atoms with Crippen LogP contribution in [-0.2, 0) is 35.1 Å². The number of alkyl carbamates (subject to hydrolysis) is 1. The summed E-state index contributed by atoms with van der Waals surface area (Å²) in [5, 5.41) is 8.04. The molecule has 3 aromatic rings. The van der Waals surface area contributed by atoms with E-state index >= 15 is 0 Å². The number of ether oxygens (including phenoxy) is 2. The zero-order valence-corrected chi connectivity index (χ0v) is 26.3. The molecule has 5 rings (SSSR count). The quantitative estimate of drug-likeness (QED) is 0.278. The predicted molar refractivity (Wildman–Crippen MR) is 174 cm³/mol. The lowest BCUT2D eigenvalue weighted by atomic mass is 9.98. The molecular weight excluding hydrogens is 600 g/mol. The van der Waals surface area contributed by atoms with E-state index in [4.69, 9.17) is 9.47 Å². The highest BCUT2D eigenvalue weighted by Crippen LogP contribution is 2.44. The highest BCUT2D eigenvalue weighted by atomic mass is 16.5.